The summed E-state index contributed by atoms with van der Waals surface area (Å²) in [5.41, 5.74) is 2.47. The van der Waals surface area contributed by atoms with Gasteiger partial charge in [-0.25, -0.2) is 0 Å². The van der Waals surface area contributed by atoms with Crippen molar-refractivity contribution in [2.45, 2.75) is 116 Å². The van der Waals surface area contributed by atoms with Gasteiger partial charge in [0.1, 0.15) is 11.5 Å². The average Bonchev–Trinajstić information content (AvgIpc) is 3.20. The predicted octanol–water partition coefficient (Wildman–Crippen LogP) is 8.16. The molecule has 0 aromatic heterocycles. The Morgan fingerprint density at radius 2 is 0.643 bits per heavy atom. The lowest BCUT2D eigenvalue weighted by Crippen LogP contribution is -2.19. The van der Waals surface area contributed by atoms with Crippen LogP contribution in [0.1, 0.15) is 114 Å². The first-order valence-corrected chi connectivity index (χ1v) is 24.1. The van der Waals surface area contributed by atoms with Crippen LogP contribution in [-0.2, 0) is 13.1 Å². The number of hydrogen-bond donors (Lipinski definition) is 6. The Kier molecular flexibility index (Phi) is 42.4. The Bertz CT molecular complexity index is 1010. The van der Waals surface area contributed by atoms with Crippen LogP contribution in [0.15, 0.2) is 48.5 Å². The predicted molar refractivity (Wildman–Crippen MR) is 251 cm³/mol. The Morgan fingerprint density at radius 1 is 0.375 bits per heavy atom. The molecule has 0 bridgehead atoms. The van der Waals surface area contributed by atoms with Gasteiger partial charge in [0.2, 0.25) is 0 Å². The summed E-state index contributed by atoms with van der Waals surface area (Å²) >= 11 is 0. The maximum Gasteiger partial charge on any atom is 0.123 e. The highest BCUT2D eigenvalue weighted by atomic mass is 35.5. The Morgan fingerprint density at radius 3 is 0.946 bits per heavy atom. The lowest BCUT2D eigenvalue weighted by atomic mass is 10.1. The van der Waals surface area contributed by atoms with Crippen LogP contribution in [0.25, 0.3) is 0 Å². The summed E-state index contributed by atoms with van der Waals surface area (Å²) in [6, 6.07) is 16.5. The molecule has 0 aliphatic rings. The van der Waals surface area contributed by atoms with Crippen LogP contribution < -0.4 is 41.4 Å². The maximum atomic E-state index is 5.42. The van der Waals surface area contributed by atoms with Gasteiger partial charge in [-0.2, -0.15) is 0 Å². The molecule has 0 saturated carbocycles. The fraction of sp³-hybridized carbons (Fsp3) is 0.727. The molecule has 0 spiro atoms. The van der Waals surface area contributed by atoms with E-state index in [1.807, 2.05) is 45.9 Å². The summed E-state index contributed by atoms with van der Waals surface area (Å²) in [6.07, 6.45) is 20.9. The van der Waals surface area contributed by atoms with E-state index in [0.717, 1.165) is 76.9 Å². The Hall–Kier alpha value is -1.25. The molecule has 12 heteroatoms. The molecule has 2 aromatic carbocycles. The summed E-state index contributed by atoms with van der Waals surface area (Å²) in [5, 5.41) is 21.6. The van der Waals surface area contributed by atoms with Gasteiger partial charge >= 0.3 is 0 Å². The Labute approximate surface area is 357 Å². The minimum atomic E-state index is 0. The van der Waals surface area contributed by atoms with Gasteiger partial charge in [0.15, 0.2) is 0 Å². The highest BCUT2D eigenvalue weighted by Crippen LogP contribution is 2.19. The first-order chi connectivity index (χ1) is 26.8. The lowest BCUT2D eigenvalue weighted by Gasteiger charge is -2.09. The number of unbranched alkanes of at least 4 members (excludes halogenated alkanes) is 12. The summed E-state index contributed by atoms with van der Waals surface area (Å²) < 4.78 is 10.8. The van der Waals surface area contributed by atoms with E-state index in [1.165, 1.54) is 138 Å². The summed E-state index contributed by atoms with van der Waals surface area (Å²) in [6.45, 7) is 13.2. The molecule has 0 atom stereocenters. The molecule has 0 unspecified atom stereocenters. The number of hydrogen-bond acceptors (Lipinski definition) is 10. The van der Waals surface area contributed by atoms with Gasteiger partial charge in [-0.3, -0.25) is 0 Å². The highest BCUT2D eigenvalue weighted by molar-refractivity contribution is 8.76. The van der Waals surface area contributed by atoms with Crippen molar-refractivity contribution in [2.24, 2.45) is 0 Å². The second kappa shape index (κ2) is 43.3. The van der Waals surface area contributed by atoms with Crippen molar-refractivity contribution >= 4 is 34.0 Å². The van der Waals surface area contributed by atoms with Gasteiger partial charge in [-0.1, -0.05) is 109 Å². The zero-order chi connectivity index (χ0) is 38.3. The van der Waals surface area contributed by atoms with Gasteiger partial charge in [0, 0.05) is 48.8 Å². The lowest BCUT2D eigenvalue weighted by molar-refractivity contribution is 0.407. The van der Waals surface area contributed by atoms with E-state index in [4.69, 9.17) is 9.47 Å². The average molecular weight is 844 g/mol. The van der Waals surface area contributed by atoms with Crippen LogP contribution in [0, 0.1) is 0 Å². The van der Waals surface area contributed by atoms with Gasteiger partial charge in [-0.15, -0.1) is 12.4 Å². The molecule has 2 aromatic rings. The fourth-order valence-corrected chi connectivity index (χ4v) is 8.30. The van der Waals surface area contributed by atoms with E-state index in [0.29, 0.717) is 0 Å². The molecule has 2 rings (SSSR count). The minimum absolute atomic E-state index is 0. The molecule has 326 valence electrons. The highest BCUT2D eigenvalue weighted by Gasteiger charge is 2.02. The quantitative estimate of drug-likeness (QED) is 0.0289. The number of ether oxygens (including phenoxy) is 2. The van der Waals surface area contributed by atoms with Crippen LogP contribution in [0.3, 0.4) is 0 Å². The zero-order valence-electron chi connectivity index (χ0n) is 35.4. The topological polar surface area (TPSA) is 122 Å². The number of rotatable bonds is 41. The summed E-state index contributed by atoms with van der Waals surface area (Å²) in [5.74, 6) is 4.35. The number of nitrogens with one attached hydrogen (secondary N) is 6. The van der Waals surface area contributed by atoms with Crippen molar-refractivity contribution < 1.29 is 14.9 Å². The van der Waals surface area contributed by atoms with Crippen LogP contribution in [0.2, 0.25) is 0 Å². The molecule has 0 aliphatic heterocycles. The summed E-state index contributed by atoms with van der Waals surface area (Å²) in [7, 11) is 7.51. The molecule has 0 heterocycles. The van der Waals surface area contributed by atoms with Crippen molar-refractivity contribution in [1.82, 2.24) is 31.9 Å². The van der Waals surface area contributed by atoms with Gasteiger partial charge in [0.05, 0.1) is 14.2 Å². The van der Waals surface area contributed by atoms with E-state index in [1.54, 1.807) is 14.2 Å². The van der Waals surface area contributed by atoms with Gasteiger partial charge < -0.3 is 46.9 Å². The number of halogens is 1. The zero-order valence-corrected chi connectivity index (χ0v) is 37.8. The molecule has 0 radical (unpaired) electrons. The first kappa shape index (κ1) is 54.8. The second-order valence-corrected chi connectivity index (χ2v) is 17.0. The van der Waals surface area contributed by atoms with Gasteiger partial charge in [0.25, 0.3) is 0 Å². The van der Waals surface area contributed by atoms with E-state index in [2.05, 4.69) is 56.2 Å². The van der Waals surface area contributed by atoms with Crippen molar-refractivity contribution in [3.8, 4) is 11.5 Å². The molecule has 0 amide bonds. The number of para-hydroxylation sites is 2. The maximum absolute atomic E-state index is 5.42. The Balaban J connectivity index is 0.0000151. The standard InChI is InChI=1S/C44H80N6O2S2.ClH.H2O/c1-51-43-25-13-11-23-41(43)39-49-33-21-9-7-17-29-45-27-15-3-5-19-31-47-35-37-53-54-38-36-48-32-20-6-4-16-28-46-30-18-8-10-22-34-50-40-42-24-12-14-26-44(42)52-2;;/h11-14,23-26,45-50H,3-10,15-22,27-40H2,1-2H3;1H;1H2. The smallest absolute Gasteiger partial charge is 0.123 e. The third-order valence-electron chi connectivity index (χ3n) is 9.65. The van der Waals surface area contributed by atoms with E-state index in [-0.39, 0.29) is 17.9 Å². The number of methoxy groups -OCH3 is 2. The van der Waals surface area contributed by atoms with Crippen LogP contribution in [0.5, 0.6) is 11.5 Å². The normalized spacial score (nSPS) is 11.0. The summed E-state index contributed by atoms with van der Waals surface area (Å²) in [4.78, 5) is 0. The van der Waals surface area contributed by atoms with Crippen molar-refractivity contribution in [3.63, 3.8) is 0 Å². The molecular weight excluding hydrogens is 760 g/mol. The molecule has 9 nitrogen and oxygen atoms in total. The van der Waals surface area contributed by atoms with Crippen molar-refractivity contribution in [3.05, 3.63) is 59.7 Å². The minimum Gasteiger partial charge on any atom is -0.496 e. The van der Waals surface area contributed by atoms with Gasteiger partial charge in [-0.05, 0) is 116 Å². The molecular formula is C44H83ClN6O3S2. The molecule has 0 fully saturated rings. The fourth-order valence-electron chi connectivity index (χ4n) is 6.40. The van der Waals surface area contributed by atoms with Crippen LogP contribution in [-0.4, -0.2) is 96.6 Å². The third-order valence-corrected chi connectivity index (χ3v) is 12.1. The van der Waals surface area contributed by atoms with Crippen LogP contribution in [0.4, 0.5) is 0 Å². The van der Waals surface area contributed by atoms with Crippen molar-refractivity contribution in [2.75, 3.05) is 91.2 Å². The van der Waals surface area contributed by atoms with E-state index >= 15 is 0 Å². The third kappa shape index (κ3) is 32.7. The first-order valence-electron chi connectivity index (χ1n) is 21.6. The second-order valence-electron chi connectivity index (χ2n) is 14.3. The molecule has 56 heavy (non-hydrogen) atoms. The molecule has 8 N–H and O–H groups in total. The van der Waals surface area contributed by atoms with Crippen molar-refractivity contribution in [1.29, 1.82) is 0 Å². The van der Waals surface area contributed by atoms with E-state index < -0.39 is 0 Å². The SMILES string of the molecule is COc1ccccc1CNCCCCCCNCCCCCCNCCSSCCNCCCCCCNCCCCCCNCc1ccccc1OC.Cl.O. The largest absolute Gasteiger partial charge is 0.496 e. The number of benzene rings is 2. The monoisotopic (exact) mass is 843 g/mol. The molecule has 0 saturated heterocycles. The van der Waals surface area contributed by atoms with Crippen LogP contribution >= 0.6 is 34.0 Å². The van der Waals surface area contributed by atoms with E-state index in [9.17, 15) is 0 Å². The molecule has 0 aliphatic carbocycles.